The Balaban J connectivity index is 1.50. The van der Waals surface area contributed by atoms with E-state index in [4.69, 9.17) is 14.9 Å². The summed E-state index contributed by atoms with van der Waals surface area (Å²) >= 11 is 0. The molecule has 4 rings (SSSR count). The van der Waals surface area contributed by atoms with Gasteiger partial charge in [0.05, 0.1) is 24.5 Å². The van der Waals surface area contributed by atoms with Crippen LogP contribution in [0.5, 0.6) is 5.75 Å². The second kappa shape index (κ2) is 10.9. The predicted octanol–water partition coefficient (Wildman–Crippen LogP) is 4.89. The standard InChI is InChI=1S/C25H24N6O2/c26-10-2-11-28-20-3-1-4-21(16-20)30-25-29-12-7-23(31-25)18-5-6-24(19(15-18)17-27)33-22-8-13-32-14-9-22/h1-7,10-12,15-16,22,26,28H,8-9,13-14H2,(H,29,30,31)/b11-2-,26-10?. The van der Waals surface area contributed by atoms with Crippen LogP contribution in [0.2, 0.25) is 0 Å². The normalized spacial score (nSPS) is 13.9. The van der Waals surface area contributed by atoms with Gasteiger partial charge in [0, 0.05) is 48.4 Å². The first kappa shape index (κ1) is 22.0. The molecule has 166 valence electrons. The van der Waals surface area contributed by atoms with Gasteiger partial charge < -0.3 is 25.5 Å². The van der Waals surface area contributed by atoms with Crippen LogP contribution in [0.15, 0.2) is 67.0 Å². The first-order valence-corrected chi connectivity index (χ1v) is 10.7. The van der Waals surface area contributed by atoms with Gasteiger partial charge in [0.25, 0.3) is 0 Å². The highest BCUT2D eigenvalue weighted by Crippen LogP contribution is 2.28. The lowest BCUT2D eigenvalue weighted by Gasteiger charge is -2.23. The van der Waals surface area contributed by atoms with E-state index in [0.717, 1.165) is 29.8 Å². The molecule has 2 heterocycles. The van der Waals surface area contributed by atoms with Gasteiger partial charge in [0.15, 0.2) is 0 Å². The van der Waals surface area contributed by atoms with Crippen molar-refractivity contribution in [1.82, 2.24) is 9.97 Å². The van der Waals surface area contributed by atoms with Gasteiger partial charge in [-0.3, -0.25) is 0 Å². The third kappa shape index (κ3) is 5.93. The average molecular weight is 441 g/mol. The molecule has 0 spiro atoms. The van der Waals surface area contributed by atoms with Crippen molar-refractivity contribution in [2.45, 2.75) is 18.9 Å². The van der Waals surface area contributed by atoms with Crippen molar-refractivity contribution >= 4 is 23.5 Å². The molecular formula is C25H24N6O2. The van der Waals surface area contributed by atoms with Gasteiger partial charge in [0.2, 0.25) is 5.95 Å². The van der Waals surface area contributed by atoms with Gasteiger partial charge in [0.1, 0.15) is 17.9 Å². The van der Waals surface area contributed by atoms with Crippen LogP contribution in [0.4, 0.5) is 17.3 Å². The van der Waals surface area contributed by atoms with Crippen molar-refractivity contribution in [1.29, 1.82) is 10.7 Å². The average Bonchev–Trinajstić information content (AvgIpc) is 2.85. The van der Waals surface area contributed by atoms with E-state index in [-0.39, 0.29) is 6.10 Å². The molecular weight excluding hydrogens is 416 g/mol. The number of nitrogens with zero attached hydrogens (tertiary/aromatic N) is 3. The summed E-state index contributed by atoms with van der Waals surface area (Å²) in [5, 5.41) is 23.0. The molecule has 1 aromatic heterocycles. The number of benzene rings is 2. The van der Waals surface area contributed by atoms with Crippen molar-refractivity contribution in [2.24, 2.45) is 0 Å². The molecule has 8 nitrogen and oxygen atoms in total. The van der Waals surface area contributed by atoms with Crippen molar-refractivity contribution in [3.05, 3.63) is 72.6 Å². The van der Waals surface area contributed by atoms with Crippen molar-refractivity contribution in [2.75, 3.05) is 23.8 Å². The zero-order valence-electron chi connectivity index (χ0n) is 18.0. The smallest absolute Gasteiger partial charge is 0.227 e. The quantitative estimate of drug-likeness (QED) is 0.427. The molecule has 1 saturated heterocycles. The summed E-state index contributed by atoms with van der Waals surface area (Å²) in [6.45, 7) is 1.36. The SMILES string of the molecule is N#Cc1cc(-c2ccnc(Nc3cccc(N/C=C\C=N)c3)n2)ccc1OC1CCOCC1. The van der Waals surface area contributed by atoms with E-state index < -0.39 is 0 Å². The highest BCUT2D eigenvalue weighted by molar-refractivity contribution is 5.69. The molecule has 0 atom stereocenters. The number of hydrogen-bond donors (Lipinski definition) is 3. The molecule has 2 aromatic carbocycles. The Labute approximate surface area is 192 Å². The Morgan fingerprint density at radius 3 is 2.79 bits per heavy atom. The van der Waals surface area contributed by atoms with Crippen LogP contribution >= 0.6 is 0 Å². The number of rotatable bonds is 8. The monoisotopic (exact) mass is 440 g/mol. The van der Waals surface area contributed by atoms with Crippen LogP contribution in [-0.4, -0.2) is 35.5 Å². The molecule has 0 unspecified atom stereocenters. The van der Waals surface area contributed by atoms with Crippen LogP contribution in [0.1, 0.15) is 18.4 Å². The molecule has 3 aromatic rings. The number of aromatic nitrogens is 2. The van der Waals surface area contributed by atoms with E-state index in [2.05, 4.69) is 26.7 Å². The zero-order chi connectivity index (χ0) is 22.9. The van der Waals surface area contributed by atoms with Crippen molar-refractivity contribution < 1.29 is 9.47 Å². The van der Waals surface area contributed by atoms with E-state index in [1.54, 1.807) is 30.6 Å². The summed E-state index contributed by atoms with van der Waals surface area (Å²) in [5.74, 6) is 1.03. The second-order valence-electron chi connectivity index (χ2n) is 7.39. The Morgan fingerprint density at radius 2 is 1.97 bits per heavy atom. The van der Waals surface area contributed by atoms with E-state index in [0.29, 0.717) is 36.2 Å². The zero-order valence-corrected chi connectivity index (χ0v) is 18.0. The molecule has 33 heavy (non-hydrogen) atoms. The summed E-state index contributed by atoms with van der Waals surface area (Å²) in [7, 11) is 0. The number of ether oxygens (including phenoxy) is 2. The van der Waals surface area contributed by atoms with Gasteiger partial charge in [-0.25, -0.2) is 9.97 Å². The molecule has 1 aliphatic heterocycles. The fourth-order valence-corrected chi connectivity index (χ4v) is 3.44. The summed E-state index contributed by atoms with van der Waals surface area (Å²) in [6, 6.07) is 17.2. The van der Waals surface area contributed by atoms with E-state index in [1.165, 1.54) is 6.21 Å². The maximum absolute atomic E-state index is 9.65. The molecule has 0 aliphatic carbocycles. The molecule has 0 amide bonds. The highest BCUT2D eigenvalue weighted by Gasteiger charge is 2.17. The summed E-state index contributed by atoms with van der Waals surface area (Å²) in [4.78, 5) is 8.93. The Morgan fingerprint density at radius 1 is 1.12 bits per heavy atom. The molecule has 8 heteroatoms. The van der Waals surface area contributed by atoms with Crippen LogP contribution in [-0.2, 0) is 4.74 Å². The fraction of sp³-hybridized carbons (Fsp3) is 0.200. The molecule has 1 aliphatic rings. The lowest BCUT2D eigenvalue weighted by molar-refractivity contribution is 0.0254. The van der Waals surface area contributed by atoms with E-state index in [1.807, 2.05) is 36.4 Å². The molecule has 0 saturated carbocycles. The van der Waals surface area contributed by atoms with Gasteiger partial charge in [-0.2, -0.15) is 5.26 Å². The van der Waals surface area contributed by atoms with Crippen LogP contribution in [0, 0.1) is 16.7 Å². The van der Waals surface area contributed by atoms with Crippen LogP contribution in [0.25, 0.3) is 11.3 Å². The van der Waals surface area contributed by atoms with E-state index in [9.17, 15) is 5.26 Å². The molecule has 1 fully saturated rings. The summed E-state index contributed by atoms with van der Waals surface area (Å²) in [5.41, 5.74) is 3.67. The third-order valence-electron chi connectivity index (χ3n) is 5.07. The maximum Gasteiger partial charge on any atom is 0.227 e. The number of nitriles is 1. The number of anilines is 3. The first-order valence-electron chi connectivity index (χ1n) is 10.7. The van der Waals surface area contributed by atoms with Gasteiger partial charge in [-0.05, 0) is 48.5 Å². The summed E-state index contributed by atoms with van der Waals surface area (Å²) in [6.07, 6.45) is 7.88. The van der Waals surface area contributed by atoms with E-state index >= 15 is 0 Å². The molecule has 0 radical (unpaired) electrons. The van der Waals surface area contributed by atoms with Crippen LogP contribution < -0.4 is 15.4 Å². The Bertz CT molecular complexity index is 1180. The predicted molar refractivity (Wildman–Crippen MR) is 128 cm³/mol. The highest BCUT2D eigenvalue weighted by atomic mass is 16.5. The Hall–Kier alpha value is -4.22. The maximum atomic E-state index is 9.65. The lowest BCUT2D eigenvalue weighted by Crippen LogP contribution is -2.26. The van der Waals surface area contributed by atoms with Crippen LogP contribution in [0.3, 0.4) is 0 Å². The number of nitrogens with one attached hydrogen (secondary N) is 3. The minimum Gasteiger partial charge on any atom is -0.489 e. The van der Waals surface area contributed by atoms with Gasteiger partial charge in [-0.15, -0.1) is 0 Å². The minimum atomic E-state index is 0.0670. The molecule has 0 bridgehead atoms. The van der Waals surface area contributed by atoms with Crippen molar-refractivity contribution in [3.63, 3.8) is 0 Å². The lowest BCUT2D eigenvalue weighted by atomic mass is 10.1. The van der Waals surface area contributed by atoms with Gasteiger partial charge >= 0.3 is 0 Å². The second-order valence-corrected chi connectivity index (χ2v) is 7.39. The number of hydrogen-bond acceptors (Lipinski definition) is 8. The topological polar surface area (TPSA) is 116 Å². The molecule has 3 N–H and O–H groups in total. The Kier molecular flexibility index (Phi) is 7.25. The third-order valence-corrected chi connectivity index (χ3v) is 5.07. The van der Waals surface area contributed by atoms with Gasteiger partial charge in [-0.1, -0.05) is 6.07 Å². The van der Waals surface area contributed by atoms with Crippen molar-refractivity contribution in [3.8, 4) is 23.1 Å². The number of allylic oxidation sites excluding steroid dienone is 1. The summed E-state index contributed by atoms with van der Waals surface area (Å²) < 4.78 is 11.4. The minimum absolute atomic E-state index is 0.0670. The largest absolute Gasteiger partial charge is 0.489 e. The fourth-order valence-electron chi connectivity index (χ4n) is 3.44. The first-order chi connectivity index (χ1) is 16.2.